The van der Waals surface area contributed by atoms with E-state index in [-0.39, 0.29) is 17.8 Å². The number of carbonyl (C=O) groups excluding carboxylic acids is 1. The molecule has 0 radical (unpaired) electrons. The van der Waals surface area contributed by atoms with Gasteiger partial charge in [0, 0.05) is 6.42 Å². The van der Waals surface area contributed by atoms with Gasteiger partial charge in [-0.15, -0.1) is 0 Å². The third kappa shape index (κ3) is 2.46. The Balaban J connectivity index is 1.91. The zero-order valence-corrected chi connectivity index (χ0v) is 11.7. The molecule has 4 nitrogen and oxygen atoms in total. The van der Waals surface area contributed by atoms with Gasteiger partial charge in [0.1, 0.15) is 0 Å². The summed E-state index contributed by atoms with van der Waals surface area (Å²) < 4.78 is 0. The molecular weight excluding hydrogens is 280 g/mol. The lowest BCUT2D eigenvalue weighted by atomic mass is 9.99. The topological polar surface area (TPSA) is 77.8 Å². The molecule has 0 aliphatic carbocycles. The Morgan fingerprint density at radius 1 is 0.818 bits per heavy atom. The Hall–Kier alpha value is -3.01. The molecule has 3 N–H and O–H groups in total. The Morgan fingerprint density at radius 3 is 2.32 bits per heavy atom. The van der Waals surface area contributed by atoms with E-state index in [9.17, 15) is 20.1 Å². The standard InChI is InChI=1S/C18H14O4/c19-15-8-7-14(17(21)18(15)22)16(20)10-11-5-6-12-3-1-2-4-13(12)9-11/h1-9,19,21-22H,10H2. The molecule has 3 aromatic rings. The van der Waals surface area contributed by atoms with Crippen LogP contribution in [0.25, 0.3) is 10.8 Å². The van der Waals surface area contributed by atoms with Gasteiger partial charge >= 0.3 is 0 Å². The summed E-state index contributed by atoms with van der Waals surface area (Å²) in [5, 5.41) is 30.7. The van der Waals surface area contributed by atoms with E-state index in [1.54, 1.807) is 0 Å². The second kappa shape index (κ2) is 5.41. The van der Waals surface area contributed by atoms with Crippen LogP contribution in [0.4, 0.5) is 0 Å². The minimum atomic E-state index is -0.677. The molecule has 3 aromatic carbocycles. The summed E-state index contributed by atoms with van der Waals surface area (Å²) in [6.45, 7) is 0. The molecule has 22 heavy (non-hydrogen) atoms. The molecule has 0 amide bonds. The maximum absolute atomic E-state index is 12.3. The molecule has 0 atom stereocenters. The number of benzene rings is 3. The van der Waals surface area contributed by atoms with Crippen molar-refractivity contribution in [2.24, 2.45) is 0 Å². The number of carbonyl (C=O) groups is 1. The van der Waals surface area contributed by atoms with Gasteiger partial charge in [0.25, 0.3) is 0 Å². The van der Waals surface area contributed by atoms with E-state index in [4.69, 9.17) is 0 Å². The summed E-state index contributed by atoms with van der Waals surface area (Å²) in [5.74, 6) is -2.06. The predicted octanol–water partition coefficient (Wildman–Crippen LogP) is 3.38. The van der Waals surface area contributed by atoms with Crippen LogP contribution in [0.1, 0.15) is 15.9 Å². The van der Waals surface area contributed by atoms with E-state index in [0.717, 1.165) is 16.3 Å². The van der Waals surface area contributed by atoms with Gasteiger partial charge in [0.2, 0.25) is 5.75 Å². The maximum atomic E-state index is 12.3. The second-order valence-electron chi connectivity index (χ2n) is 5.11. The predicted molar refractivity (Wildman–Crippen MR) is 83.4 cm³/mol. The molecule has 110 valence electrons. The van der Waals surface area contributed by atoms with Crippen molar-refractivity contribution in [1.82, 2.24) is 0 Å². The quantitative estimate of drug-likeness (QED) is 0.511. The molecule has 0 saturated carbocycles. The lowest BCUT2D eigenvalue weighted by Crippen LogP contribution is -2.04. The van der Waals surface area contributed by atoms with Crippen LogP contribution in [0, 0.1) is 0 Å². The molecule has 0 fully saturated rings. The number of hydrogen-bond acceptors (Lipinski definition) is 4. The molecular formula is C18H14O4. The highest BCUT2D eigenvalue weighted by Crippen LogP contribution is 2.37. The number of fused-ring (bicyclic) bond motifs is 1. The Labute approximate surface area is 126 Å². The van der Waals surface area contributed by atoms with Gasteiger partial charge in [-0.05, 0) is 28.5 Å². The second-order valence-corrected chi connectivity index (χ2v) is 5.11. The fraction of sp³-hybridized carbons (Fsp3) is 0.0556. The van der Waals surface area contributed by atoms with Crippen molar-refractivity contribution in [2.45, 2.75) is 6.42 Å². The van der Waals surface area contributed by atoms with E-state index in [1.165, 1.54) is 12.1 Å². The summed E-state index contributed by atoms with van der Waals surface area (Å²) in [5.41, 5.74) is 0.805. The molecule has 0 aromatic heterocycles. The number of phenolic OH excluding ortho intramolecular Hbond substituents is 3. The highest BCUT2D eigenvalue weighted by Gasteiger charge is 2.17. The van der Waals surface area contributed by atoms with Crippen molar-refractivity contribution in [2.75, 3.05) is 0 Å². The number of ketones is 1. The first-order valence-electron chi connectivity index (χ1n) is 6.81. The maximum Gasteiger partial charge on any atom is 0.201 e. The third-order valence-electron chi connectivity index (χ3n) is 3.61. The first kappa shape index (κ1) is 13.9. The van der Waals surface area contributed by atoms with Gasteiger partial charge < -0.3 is 15.3 Å². The lowest BCUT2D eigenvalue weighted by molar-refractivity contribution is 0.0989. The number of phenols is 3. The van der Waals surface area contributed by atoms with Crippen LogP contribution in [0.2, 0.25) is 0 Å². The van der Waals surface area contributed by atoms with Crippen molar-refractivity contribution in [1.29, 1.82) is 0 Å². The fourth-order valence-corrected chi connectivity index (χ4v) is 2.42. The normalized spacial score (nSPS) is 10.7. The van der Waals surface area contributed by atoms with Crippen LogP contribution in [0.5, 0.6) is 17.2 Å². The third-order valence-corrected chi connectivity index (χ3v) is 3.61. The Morgan fingerprint density at radius 2 is 1.55 bits per heavy atom. The van der Waals surface area contributed by atoms with Gasteiger partial charge in [-0.2, -0.15) is 0 Å². The van der Waals surface area contributed by atoms with Gasteiger partial charge in [0.15, 0.2) is 17.3 Å². The van der Waals surface area contributed by atoms with Gasteiger partial charge in [0.05, 0.1) is 5.56 Å². The molecule has 0 spiro atoms. The monoisotopic (exact) mass is 294 g/mol. The summed E-state index contributed by atoms with van der Waals surface area (Å²) >= 11 is 0. The first-order valence-corrected chi connectivity index (χ1v) is 6.81. The van der Waals surface area contributed by atoms with Crippen LogP contribution in [0.3, 0.4) is 0 Å². The van der Waals surface area contributed by atoms with Crippen LogP contribution < -0.4 is 0 Å². The Kier molecular flexibility index (Phi) is 3.43. The molecule has 3 rings (SSSR count). The number of rotatable bonds is 3. The molecule has 0 bridgehead atoms. The smallest absolute Gasteiger partial charge is 0.201 e. The van der Waals surface area contributed by atoms with Crippen molar-refractivity contribution in [3.63, 3.8) is 0 Å². The first-order chi connectivity index (χ1) is 10.6. The van der Waals surface area contributed by atoms with E-state index in [2.05, 4.69) is 0 Å². The highest BCUT2D eigenvalue weighted by atomic mass is 16.3. The van der Waals surface area contributed by atoms with E-state index in [0.29, 0.717) is 0 Å². The molecule has 0 aliphatic heterocycles. The summed E-state index contributed by atoms with van der Waals surface area (Å²) in [4.78, 5) is 12.3. The fourth-order valence-electron chi connectivity index (χ4n) is 2.42. The number of aromatic hydroxyl groups is 3. The molecule has 0 unspecified atom stereocenters. The number of Topliss-reactive ketones (excluding diaryl/α,β-unsaturated/α-hetero) is 1. The molecule has 0 heterocycles. The van der Waals surface area contributed by atoms with Gasteiger partial charge in [-0.1, -0.05) is 42.5 Å². The largest absolute Gasteiger partial charge is 0.504 e. The zero-order chi connectivity index (χ0) is 15.7. The van der Waals surface area contributed by atoms with Crippen molar-refractivity contribution >= 4 is 16.6 Å². The summed E-state index contributed by atoms with van der Waals surface area (Å²) in [7, 11) is 0. The van der Waals surface area contributed by atoms with Crippen LogP contribution in [-0.4, -0.2) is 21.1 Å². The lowest BCUT2D eigenvalue weighted by Gasteiger charge is -2.07. The van der Waals surface area contributed by atoms with Gasteiger partial charge in [-0.25, -0.2) is 0 Å². The minimum Gasteiger partial charge on any atom is -0.504 e. The average molecular weight is 294 g/mol. The average Bonchev–Trinajstić information content (AvgIpc) is 2.52. The van der Waals surface area contributed by atoms with Crippen LogP contribution in [0.15, 0.2) is 54.6 Å². The summed E-state index contributed by atoms with van der Waals surface area (Å²) in [6.07, 6.45) is 0.0998. The highest BCUT2D eigenvalue weighted by molar-refractivity contribution is 6.01. The molecule has 4 heteroatoms. The molecule has 0 saturated heterocycles. The van der Waals surface area contributed by atoms with Crippen LogP contribution in [-0.2, 0) is 6.42 Å². The Bertz CT molecular complexity index is 868. The summed E-state index contributed by atoms with van der Waals surface area (Å²) in [6, 6.07) is 16.0. The van der Waals surface area contributed by atoms with Crippen molar-refractivity contribution < 1.29 is 20.1 Å². The number of hydrogen-bond donors (Lipinski definition) is 3. The van der Waals surface area contributed by atoms with Crippen molar-refractivity contribution in [3.8, 4) is 17.2 Å². The van der Waals surface area contributed by atoms with E-state index >= 15 is 0 Å². The zero-order valence-electron chi connectivity index (χ0n) is 11.7. The van der Waals surface area contributed by atoms with E-state index in [1.807, 2.05) is 42.5 Å². The minimum absolute atomic E-state index is 0.0107. The van der Waals surface area contributed by atoms with Gasteiger partial charge in [-0.3, -0.25) is 4.79 Å². The van der Waals surface area contributed by atoms with E-state index < -0.39 is 17.2 Å². The van der Waals surface area contributed by atoms with Crippen molar-refractivity contribution in [3.05, 3.63) is 65.7 Å². The molecule has 0 aliphatic rings. The van der Waals surface area contributed by atoms with Crippen LogP contribution >= 0.6 is 0 Å². The SMILES string of the molecule is O=C(Cc1ccc2ccccc2c1)c1ccc(O)c(O)c1O.